The Kier molecular flexibility index (Phi) is 9.24. The Labute approximate surface area is 233 Å². The summed E-state index contributed by atoms with van der Waals surface area (Å²) in [5.41, 5.74) is 2.92. The lowest BCUT2D eigenvalue weighted by molar-refractivity contribution is -0.949. The summed E-state index contributed by atoms with van der Waals surface area (Å²) in [6.07, 6.45) is 7.10. The first kappa shape index (κ1) is 27.6. The molecule has 3 nitrogen and oxygen atoms in total. The van der Waals surface area contributed by atoms with E-state index in [1.165, 1.54) is 42.3 Å². The summed E-state index contributed by atoms with van der Waals surface area (Å²) in [5.74, 6) is 0.572. The van der Waals surface area contributed by atoms with Gasteiger partial charge in [-0.1, -0.05) is 91.0 Å². The highest BCUT2D eigenvalue weighted by Gasteiger charge is 2.52. The Morgan fingerprint density at radius 2 is 1.35 bits per heavy atom. The number of halogens is 1. The van der Waals surface area contributed by atoms with Crippen LogP contribution >= 0.6 is 0 Å². The molecule has 2 heterocycles. The van der Waals surface area contributed by atoms with Gasteiger partial charge in [0.1, 0.15) is 5.41 Å². The van der Waals surface area contributed by atoms with Gasteiger partial charge >= 0.3 is 0 Å². The Bertz CT molecular complexity index is 1090. The van der Waals surface area contributed by atoms with Crippen molar-refractivity contribution in [3.8, 4) is 6.07 Å². The number of piperidine rings is 1. The average Bonchev–Trinajstić information content (AvgIpc) is 3.08. The van der Waals surface area contributed by atoms with Crippen LogP contribution in [0.2, 0.25) is 0 Å². The third-order valence-corrected chi connectivity index (χ3v) is 9.07. The molecule has 2 saturated heterocycles. The molecule has 194 valence electrons. The van der Waals surface area contributed by atoms with Gasteiger partial charge in [0, 0.05) is 32.1 Å². The summed E-state index contributed by atoms with van der Waals surface area (Å²) in [4.78, 5) is 0. The molecule has 2 aliphatic heterocycles. The van der Waals surface area contributed by atoms with Crippen molar-refractivity contribution in [3.63, 3.8) is 0 Å². The molecule has 0 aromatic heterocycles. The zero-order valence-corrected chi connectivity index (χ0v) is 23.5. The van der Waals surface area contributed by atoms with Crippen LogP contribution in [0.25, 0.3) is 0 Å². The zero-order valence-electron chi connectivity index (χ0n) is 21.9. The van der Waals surface area contributed by atoms with Gasteiger partial charge in [0.05, 0.1) is 45.0 Å². The molecule has 2 bridgehead atoms. The average molecular weight is 560 g/mol. The molecule has 3 aromatic rings. The van der Waals surface area contributed by atoms with Crippen molar-refractivity contribution in [3.05, 3.63) is 108 Å². The summed E-state index contributed by atoms with van der Waals surface area (Å²) in [6.45, 7) is 2.72. The summed E-state index contributed by atoms with van der Waals surface area (Å²) < 4.78 is 7.20. The van der Waals surface area contributed by atoms with Crippen LogP contribution in [0.3, 0.4) is 0 Å². The Morgan fingerprint density at radius 3 is 1.86 bits per heavy atom. The van der Waals surface area contributed by atoms with Crippen LogP contribution in [-0.4, -0.2) is 36.8 Å². The van der Waals surface area contributed by atoms with E-state index < -0.39 is 5.41 Å². The molecule has 0 amide bonds. The third kappa shape index (κ3) is 5.85. The quantitative estimate of drug-likeness (QED) is 0.279. The number of quaternary nitrogens is 1. The first-order valence-electron chi connectivity index (χ1n) is 13.6. The molecule has 2 unspecified atom stereocenters. The van der Waals surface area contributed by atoms with Crippen LogP contribution in [-0.2, 0) is 16.8 Å². The van der Waals surface area contributed by atoms with Gasteiger partial charge in [0.25, 0.3) is 0 Å². The van der Waals surface area contributed by atoms with E-state index in [0.717, 1.165) is 30.6 Å². The van der Waals surface area contributed by atoms with Crippen LogP contribution in [0.1, 0.15) is 55.2 Å². The van der Waals surface area contributed by atoms with Gasteiger partial charge in [-0.3, -0.25) is 0 Å². The van der Waals surface area contributed by atoms with E-state index in [-0.39, 0.29) is 17.0 Å². The normalized spacial score (nSPS) is 24.7. The van der Waals surface area contributed by atoms with E-state index in [2.05, 4.69) is 85.9 Å². The second kappa shape index (κ2) is 12.4. The van der Waals surface area contributed by atoms with Crippen molar-refractivity contribution in [2.24, 2.45) is 5.92 Å². The van der Waals surface area contributed by atoms with E-state index in [1.54, 1.807) is 0 Å². The number of nitrogens with zero attached hydrogens (tertiary/aromatic N) is 2. The molecule has 0 radical (unpaired) electrons. The van der Waals surface area contributed by atoms with Crippen molar-refractivity contribution in [2.45, 2.75) is 62.6 Å². The van der Waals surface area contributed by atoms with Gasteiger partial charge in [-0.15, -0.1) is 0 Å². The lowest BCUT2D eigenvalue weighted by Crippen LogP contribution is -3.00. The molecule has 0 spiro atoms. The molecule has 3 aromatic carbocycles. The molecular formula is C33H39BrN2O. The van der Waals surface area contributed by atoms with Gasteiger partial charge in [0.2, 0.25) is 0 Å². The number of fused-ring (bicyclic) bond motifs is 2. The molecule has 2 atom stereocenters. The van der Waals surface area contributed by atoms with Gasteiger partial charge in [-0.25, -0.2) is 0 Å². The van der Waals surface area contributed by atoms with Gasteiger partial charge in [0.15, 0.2) is 0 Å². The lowest BCUT2D eigenvalue weighted by atomic mass is 9.67. The topological polar surface area (TPSA) is 33.0 Å². The van der Waals surface area contributed by atoms with Crippen LogP contribution < -0.4 is 17.0 Å². The van der Waals surface area contributed by atoms with Crippen LogP contribution in [0.5, 0.6) is 0 Å². The second-order valence-corrected chi connectivity index (χ2v) is 11.1. The molecular weight excluding hydrogens is 520 g/mol. The maximum Gasteiger partial charge on any atom is 0.107 e. The summed E-state index contributed by atoms with van der Waals surface area (Å²) in [5, 5.41) is 10.6. The van der Waals surface area contributed by atoms with Crippen molar-refractivity contribution in [1.29, 1.82) is 5.26 Å². The fourth-order valence-corrected chi connectivity index (χ4v) is 7.11. The standard InChI is InChI=1S/C33H39N2O.BrH/c1-35(20-11-21-36-25-27-12-5-2-6-13-27)31-18-19-32(35)23-28(22-31)24-33(26-34,29-14-7-3-8-15-29)30-16-9-4-10-17-30;/h2-10,12-17,28,31-32H,11,18-25H2,1H3;1H/q+1;/p-1. The van der Waals surface area contributed by atoms with E-state index in [0.29, 0.717) is 24.6 Å². The first-order valence-corrected chi connectivity index (χ1v) is 13.6. The zero-order chi connectivity index (χ0) is 24.8. The fourth-order valence-electron chi connectivity index (χ4n) is 7.11. The SMILES string of the molecule is C[N+]1(CCCOCc2ccccc2)C2CCC1CC(CC(C#N)(c1ccccc1)c1ccccc1)C2.[Br-]. The minimum Gasteiger partial charge on any atom is -1.00 e. The Balaban J connectivity index is 0.00000320. The van der Waals surface area contributed by atoms with Crippen LogP contribution in [0, 0.1) is 17.2 Å². The number of hydrogen-bond donors (Lipinski definition) is 0. The summed E-state index contributed by atoms with van der Waals surface area (Å²) in [7, 11) is 2.49. The molecule has 37 heavy (non-hydrogen) atoms. The van der Waals surface area contributed by atoms with Crippen LogP contribution in [0.4, 0.5) is 0 Å². The van der Waals surface area contributed by atoms with Gasteiger partial charge < -0.3 is 26.2 Å². The minimum atomic E-state index is -0.585. The van der Waals surface area contributed by atoms with E-state index in [4.69, 9.17) is 4.74 Å². The predicted molar refractivity (Wildman–Crippen MR) is 145 cm³/mol. The molecule has 4 heteroatoms. The smallest absolute Gasteiger partial charge is 0.107 e. The third-order valence-electron chi connectivity index (χ3n) is 9.07. The minimum absolute atomic E-state index is 0. The van der Waals surface area contributed by atoms with Crippen molar-refractivity contribution in [2.75, 3.05) is 20.2 Å². The Morgan fingerprint density at radius 1 is 0.838 bits per heavy atom. The molecule has 5 rings (SSSR count). The number of benzene rings is 3. The van der Waals surface area contributed by atoms with E-state index >= 15 is 0 Å². The molecule has 0 aliphatic carbocycles. The van der Waals surface area contributed by atoms with Crippen molar-refractivity contribution >= 4 is 0 Å². The number of nitriles is 1. The molecule has 2 aliphatic rings. The molecule has 0 saturated carbocycles. The summed E-state index contributed by atoms with van der Waals surface area (Å²) in [6, 6.07) is 35.6. The maximum atomic E-state index is 10.6. The number of ether oxygens (including phenoxy) is 1. The monoisotopic (exact) mass is 558 g/mol. The first-order chi connectivity index (χ1) is 17.6. The summed E-state index contributed by atoms with van der Waals surface area (Å²) >= 11 is 0. The number of hydrogen-bond acceptors (Lipinski definition) is 2. The second-order valence-electron chi connectivity index (χ2n) is 11.1. The van der Waals surface area contributed by atoms with Crippen LogP contribution in [0.15, 0.2) is 91.0 Å². The number of rotatable bonds is 10. The van der Waals surface area contributed by atoms with Gasteiger partial charge in [-0.05, 0) is 29.0 Å². The highest BCUT2D eigenvalue weighted by molar-refractivity contribution is 5.46. The van der Waals surface area contributed by atoms with E-state index in [1.807, 2.05) is 18.2 Å². The fraction of sp³-hybridized carbons (Fsp3) is 0.424. The molecule has 0 N–H and O–H groups in total. The maximum absolute atomic E-state index is 10.6. The van der Waals surface area contributed by atoms with Gasteiger partial charge in [-0.2, -0.15) is 5.26 Å². The van der Waals surface area contributed by atoms with Crippen molar-refractivity contribution in [1.82, 2.24) is 0 Å². The van der Waals surface area contributed by atoms with Crippen molar-refractivity contribution < 1.29 is 26.2 Å². The largest absolute Gasteiger partial charge is 1.00 e. The lowest BCUT2D eigenvalue weighted by Gasteiger charge is -2.48. The predicted octanol–water partition coefficient (Wildman–Crippen LogP) is 3.88. The Hall–Kier alpha value is -2.45. The van der Waals surface area contributed by atoms with E-state index in [9.17, 15) is 5.26 Å². The highest BCUT2D eigenvalue weighted by atomic mass is 79.9. The molecule has 2 fully saturated rings. The highest BCUT2D eigenvalue weighted by Crippen LogP contribution is 2.48.